The van der Waals surface area contributed by atoms with Gasteiger partial charge in [-0.25, -0.2) is 9.59 Å². The zero-order chi connectivity index (χ0) is 14.5. The summed E-state index contributed by atoms with van der Waals surface area (Å²) in [5.74, 6) is -0.960. The molecule has 1 aromatic rings. The van der Waals surface area contributed by atoms with E-state index >= 15 is 0 Å². The quantitative estimate of drug-likeness (QED) is 0.651. The van der Waals surface area contributed by atoms with Crippen molar-refractivity contribution in [1.29, 1.82) is 0 Å². The molecular weight excluding hydrogens is 260 g/mol. The van der Waals surface area contributed by atoms with Crippen LogP contribution in [0.3, 0.4) is 0 Å². The maximum atomic E-state index is 11.7. The number of aliphatic carboxylic acids is 1. The fraction of sp³-hybridized carbons (Fsp3) is 0.429. The van der Waals surface area contributed by atoms with Crippen LogP contribution in [-0.4, -0.2) is 34.3 Å². The molecule has 0 bridgehead atoms. The molecule has 0 unspecified atom stereocenters. The molecule has 1 saturated carbocycles. The van der Waals surface area contributed by atoms with Gasteiger partial charge >= 0.3 is 12.0 Å². The van der Waals surface area contributed by atoms with Crippen molar-refractivity contribution in [3.05, 3.63) is 29.8 Å². The molecule has 108 valence electrons. The maximum Gasteiger partial charge on any atom is 0.326 e. The zero-order valence-electron chi connectivity index (χ0n) is 11.0. The molecule has 1 atom stereocenters. The minimum atomic E-state index is -1.08. The molecular formula is C14H18N2O4. The van der Waals surface area contributed by atoms with Crippen molar-refractivity contribution in [3.63, 3.8) is 0 Å². The van der Waals surface area contributed by atoms with Crippen LogP contribution in [-0.2, 0) is 11.2 Å². The van der Waals surface area contributed by atoms with Gasteiger partial charge in [-0.05, 0) is 37.0 Å². The van der Waals surface area contributed by atoms with Gasteiger partial charge in [-0.1, -0.05) is 12.1 Å². The number of benzene rings is 1. The SMILES string of the molecule is O=C(NC1CCC1)N[C@H](Cc1ccc(O)cc1)C(=O)O. The first-order chi connectivity index (χ1) is 9.54. The summed E-state index contributed by atoms with van der Waals surface area (Å²) in [5, 5.41) is 23.5. The number of carboxylic acids is 1. The third-order valence-corrected chi connectivity index (χ3v) is 3.42. The standard InChI is InChI=1S/C14H18N2O4/c17-11-6-4-9(5-7-11)8-12(13(18)19)16-14(20)15-10-2-1-3-10/h4-7,10,12,17H,1-3,8H2,(H,18,19)(H2,15,16,20)/t12-/m1/s1. The van der Waals surface area contributed by atoms with E-state index in [2.05, 4.69) is 10.6 Å². The third kappa shape index (κ3) is 3.88. The van der Waals surface area contributed by atoms with Gasteiger partial charge < -0.3 is 20.8 Å². The molecule has 2 rings (SSSR count). The number of phenols is 1. The van der Waals surface area contributed by atoms with Crippen molar-refractivity contribution in [1.82, 2.24) is 10.6 Å². The highest BCUT2D eigenvalue weighted by molar-refractivity contribution is 5.82. The smallest absolute Gasteiger partial charge is 0.326 e. The highest BCUT2D eigenvalue weighted by atomic mass is 16.4. The Hall–Kier alpha value is -2.24. The van der Waals surface area contributed by atoms with E-state index in [0.717, 1.165) is 24.8 Å². The Kier molecular flexibility index (Phi) is 4.45. The number of carbonyl (C=O) groups is 2. The molecule has 1 aromatic carbocycles. The van der Waals surface area contributed by atoms with E-state index in [1.165, 1.54) is 12.1 Å². The van der Waals surface area contributed by atoms with E-state index in [4.69, 9.17) is 5.11 Å². The predicted molar refractivity (Wildman–Crippen MR) is 72.5 cm³/mol. The van der Waals surface area contributed by atoms with Crippen molar-refractivity contribution in [2.24, 2.45) is 0 Å². The molecule has 20 heavy (non-hydrogen) atoms. The summed E-state index contributed by atoms with van der Waals surface area (Å²) in [4.78, 5) is 22.9. The van der Waals surface area contributed by atoms with Crippen LogP contribution in [0.1, 0.15) is 24.8 Å². The summed E-state index contributed by atoms with van der Waals surface area (Å²) < 4.78 is 0. The maximum absolute atomic E-state index is 11.7. The Morgan fingerprint density at radius 2 is 1.90 bits per heavy atom. The highest BCUT2D eigenvalue weighted by Gasteiger charge is 2.24. The minimum Gasteiger partial charge on any atom is -0.508 e. The largest absolute Gasteiger partial charge is 0.508 e. The molecule has 4 N–H and O–H groups in total. The number of carbonyl (C=O) groups excluding carboxylic acids is 1. The van der Waals surface area contributed by atoms with Gasteiger partial charge in [0.1, 0.15) is 11.8 Å². The van der Waals surface area contributed by atoms with Gasteiger partial charge in [0, 0.05) is 12.5 Å². The van der Waals surface area contributed by atoms with Crippen LogP contribution in [0.4, 0.5) is 4.79 Å². The normalized spacial score (nSPS) is 16.0. The Morgan fingerprint density at radius 3 is 2.40 bits per heavy atom. The molecule has 0 radical (unpaired) electrons. The van der Waals surface area contributed by atoms with Crippen LogP contribution in [0, 0.1) is 0 Å². The second kappa shape index (κ2) is 6.27. The van der Waals surface area contributed by atoms with Crippen molar-refractivity contribution in [2.75, 3.05) is 0 Å². The van der Waals surface area contributed by atoms with Gasteiger partial charge in [0.05, 0.1) is 0 Å². The Labute approximate surface area is 116 Å². The lowest BCUT2D eigenvalue weighted by atomic mass is 9.93. The number of rotatable bonds is 5. The van der Waals surface area contributed by atoms with E-state index < -0.39 is 18.0 Å². The molecule has 6 heteroatoms. The fourth-order valence-electron chi connectivity index (χ4n) is 2.01. The van der Waals surface area contributed by atoms with E-state index in [1.807, 2.05) is 0 Å². The average molecular weight is 278 g/mol. The number of carboxylic acid groups (broad SMARTS) is 1. The summed E-state index contributed by atoms with van der Waals surface area (Å²) in [6.45, 7) is 0. The molecule has 6 nitrogen and oxygen atoms in total. The van der Waals surface area contributed by atoms with Crippen molar-refractivity contribution in [2.45, 2.75) is 37.8 Å². The van der Waals surface area contributed by atoms with Crippen molar-refractivity contribution >= 4 is 12.0 Å². The number of nitrogens with one attached hydrogen (secondary N) is 2. The number of hydrogen-bond donors (Lipinski definition) is 4. The van der Waals surface area contributed by atoms with E-state index in [0.29, 0.717) is 0 Å². The number of aromatic hydroxyl groups is 1. The first-order valence-corrected chi connectivity index (χ1v) is 6.62. The highest BCUT2D eigenvalue weighted by Crippen LogP contribution is 2.17. The molecule has 1 aliphatic rings. The lowest BCUT2D eigenvalue weighted by Crippen LogP contribution is -2.51. The summed E-state index contributed by atoms with van der Waals surface area (Å²) in [5.41, 5.74) is 0.735. The van der Waals surface area contributed by atoms with Crippen LogP contribution in [0.2, 0.25) is 0 Å². The van der Waals surface area contributed by atoms with Gasteiger partial charge in [0.2, 0.25) is 0 Å². The Morgan fingerprint density at radius 1 is 1.25 bits per heavy atom. The molecule has 1 aliphatic carbocycles. The summed E-state index contributed by atoms with van der Waals surface area (Å²) >= 11 is 0. The van der Waals surface area contributed by atoms with E-state index in [9.17, 15) is 14.7 Å². The topological polar surface area (TPSA) is 98.7 Å². The van der Waals surface area contributed by atoms with Gasteiger partial charge in [0.15, 0.2) is 0 Å². The molecule has 0 aromatic heterocycles. The lowest BCUT2D eigenvalue weighted by Gasteiger charge is -2.27. The summed E-state index contributed by atoms with van der Waals surface area (Å²) in [6.07, 6.45) is 3.17. The Balaban J connectivity index is 1.90. The van der Waals surface area contributed by atoms with Gasteiger partial charge in [-0.2, -0.15) is 0 Å². The molecule has 0 aliphatic heterocycles. The van der Waals surface area contributed by atoms with Crippen molar-refractivity contribution < 1.29 is 19.8 Å². The molecule has 1 fully saturated rings. The van der Waals surface area contributed by atoms with Crippen LogP contribution < -0.4 is 10.6 Å². The lowest BCUT2D eigenvalue weighted by molar-refractivity contribution is -0.139. The first kappa shape index (κ1) is 14.2. The summed E-state index contributed by atoms with van der Waals surface area (Å²) in [7, 11) is 0. The van der Waals surface area contributed by atoms with E-state index in [-0.39, 0.29) is 18.2 Å². The second-order valence-electron chi connectivity index (χ2n) is 5.01. The minimum absolute atomic E-state index is 0.122. The van der Waals surface area contributed by atoms with Gasteiger partial charge in [-0.3, -0.25) is 0 Å². The van der Waals surface area contributed by atoms with Gasteiger partial charge in [0.25, 0.3) is 0 Å². The Bertz CT molecular complexity index is 482. The van der Waals surface area contributed by atoms with E-state index in [1.54, 1.807) is 12.1 Å². The first-order valence-electron chi connectivity index (χ1n) is 6.62. The second-order valence-corrected chi connectivity index (χ2v) is 5.01. The summed E-state index contributed by atoms with van der Waals surface area (Å²) in [6, 6.07) is 4.98. The average Bonchev–Trinajstić information content (AvgIpc) is 2.35. The molecule has 2 amide bonds. The molecule has 0 heterocycles. The number of phenolic OH excluding ortho intramolecular Hbond substituents is 1. The number of hydrogen-bond acceptors (Lipinski definition) is 3. The van der Waals surface area contributed by atoms with Gasteiger partial charge in [-0.15, -0.1) is 0 Å². The molecule has 0 spiro atoms. The number of urea groups is 1. The fourth-order valence-corrected chi connectivity index (χ4v) is 2.01. The number of amides is 2. The third-order valence-electron chi connectivity index (χ3n) is 3.42. The van der Waals surface area contributed by atoms with Crippen LogP contribution in [0.15, 0.2) is 24.3 Å². The van der Waals surface area contributed by atoms with Crippen molar-refractivity contribution in [3.8, 4) is 5.75 Å². The predicted octanol–water partition coefficient (Wildman–Crippen LogP) is 1.24. The molecule has 0 saturated heterocycles. The van der Waals surface area contributed by atoms with Crippen LogP contribution in [0.5, 0.6) is 5.75 Å². The van der Waals surface area contributed by atoms with Crippen LogP contribution in [0.25, 0.3) is 0 Å². The zero-order valence-corrected chi connectivity index (χ0v) is 11.0. The van der Waals surface area contributed by atoms with Crippen LogP contribution >= 0.6 is 0 Å². The monoisotopic (exact) mass is 278 g/mol.